The van der Waals surface area contributed by atoms with Crippen molar-refractivity contribution >= 4 is 11.8 Å². The number of aryl methyl sites for hydroxylation is 1. The van der Waals surface area contributed by atoms with Crippen molar-refractivity contribution in [2.24, 2.45) is 18.9 Å². The molecular weight excluding hydrogens is 322 g/mol. The van der Waals surface area contributed by atoms with Crippen LogP contribution in [-0.2, 0) is 27.8 Å². The third-order valence-electron chi connectivity index (χ3n) is 5.43. The molecule has 1 N–H and O–H groups in total. The normalized spacial score (nSPS) is 32.5. The summed E-state index contributed by atoms with van der Waals surface area (Å²) in [6.07, 6.45) is 6.62. The minimum absolute atomic E-state index is 0.0437. The first-order valence-corrected chi connectivity index (χ1v) is 8.82. The quantitative estimate of drug-likeness (QED) is 0.713. The predicted octanol–water partition coefficient (Wildman–Crippen LogP) is -0.334. The molecule has 0 aliphatic carbocycles. The number of nitrogens with zero attached hydrogens (tertiary/aromatic N) is 4. The molecule has 0 radical (unpaired) electrons. The highest BCUT2D eigenvalue weighted by Crippen LogP contribution is 2.51. The Balaban J connectivity index is 1.43. The number of amides is 2. The van der Waals surface area contributed by atoms with Gasteiger partial charge in [0.1, 0.15) is 17.8 Å². The van der Waals surface area contributed by atoms with Gasteiger partial charge in [-0.05, 0) is 6.42 Å². The fourth-order valence-corrected chi connectivity index (χ4v) is 4.30. The van der Waals surface area contributed by atoms with E-state index < -0.39 is 17.4 Å². The fourth-order valence-electron chi connectivity index (χ4n) is 4.30. The monoisotopic (exact) mass is 345 g/mol. The van der Waals surface area contributed by atoms with Gasteiger partial charge in [-0.15, -0.1) is 0 Å². The van der Waals surface area contributed by atoms with Crippen LogP contribution in [0.15, 0.2) is 18.5 Å². The number of hydrogen-bond donors (Lipinski definition) is 1. The summed E-state index contributed by atoms with van der Waals surface area (Å²) < 4.78 is 7.76. The molecule has 3 aliphatic heterocycles. The number of aromatic nitrogens is 3. The topological polar surface area (TPSA) is 89.3 Å². The van der Waals surface area contributed by atoms with Crippen LogP contribution in [0.3, 0.4) is 0 Å². The summed E-state index contributed by atoms with van der Waals surface area (Å²) in [5.41, 5.74) is -0.609. The van der Waals surface area contributed by atoms with Crippen molar-refractivity contribution in [1.29, 1.82) is 0 Å². The third-order valence-corrected chi connectivity index (χ3v) is 5.43. The highest BCUT2D eigenvalue weighted by Gasteiger charge is 2.66. The molecule has 8 heteroatoms. The zero-order chi connectivity index (χ0) is 17.6. The lowest BCUT2D eigenvalue weighted by Gasteiger charge is -2.23. The second-order valence-electron chi connectivity index (χ2n) is 7.00. The van der Waals surface area contributed by atoms with Crippen LogP contribution in [0, 0.1) is 11.8 Å². The number of carbonyl (C=O) groups is 2. The maximum absolute atomic E-state index is 12.8. The first-order chi connectivity index (χ1) is 12.1. The summed E-state index contributed by atoms with van der Waals surface area (Å²) in [4.78, 5) is 31.5. The van der Waals surface area contributed by atoms with Crippen LogP contribution < -0.4 is 5.32 Å². The number of ether oxygens (including phenoxy) is 1. The summed E-state index contributed by atoms with van der Waals surface area (Å²) >= 11 is 0. The van der Waals surface area contributed by atoms with Crippen molar-refractivity contribution < 1.29 is 14.3 Å². The Morgan fingerprint density at radius 2 is 2.36 bits per heavy atom. The number of fused-ring (bicyclic) bond motifs is 1. The van der Waals surface area contributed by atoms with Crippen molar-refractivity contribution in [1.82, 2.24) is 25.0 Å². The molecule has 3 aliphatic rings. The molecule has 2 saturated heterocycles. The first-order valence-electron chi connectivity index (χ1n) is 8.82. The molecule has 4 atom stereocenters. The molecule has 2 amide bonds. The van der Waals surface area contributed by atoms with Crippen LogP contribution in [-0.4, -0.2) is 62.8 Å². The molecule has 134 valence electrons. The van der Waals surface area contributed by atoms with Crippen LogP contribution in [0.2, 0.25) is 0 Å². The SMILES string of the molecule is CCCN1C[C@]23C=C[C@H](O2)[C@H](C(=O)NCCc2ncnn2C)[C@@H]3C1=O. The van der Waals surface area contributed by atoms with E-state index in [1.807, 2.05) is 31.0 Å². The van der Waals surface area contributed by atoms with Gasteiger partial charge >= 0.3 is 0 Å². The molecule has 25 heavy (non-hydrogen) atoms. The van der Waals surface area contributed by atoms with Gasteiger partial charge in [0, 0.05) is 26.6 Å². The fraction of sp³-hybridized carbons (Fsp3) is 0.647. The largest absolute Gasteiger partial charge is 0.360 e. The van der Waals surface area contributed by atoms with Crippen LogP contribution >= 0.6 is 0 Å². The molecule has 1 aromatic heterocycles. The summed E-state index contributed by atoms with van der Waals surface area (Å²) in [5.74, 6) is -0.105. The van der Waals surface area contributed by atoms with E-state index in [2.05, 4.69) is 15.4 Å². The maximum Gasteiger partial charge on any atom is 0.230 e. The molecule has 4 rings (SSSR count). The molecule has 1 spiro atoms. The molecule has 4 heterocycles. The Labute approximate surface area is 146 Å². The minimum atomic E-state index is -0.609. The lowest BCUT2D eigenvalue weighted by Crippen LogP contribution is -2.44. The average molecular weight is 345 g/mol. The van der Waals surface area contributed by atoms with Crippen molar-refractivity contribution in [3.8, 4) is 0 Å². The zero-order valence-corrected chi connectivity index (χ0v) is 14.5. The van der Waals surface area contributed by atoms with Gasteiger partial charge in [0.05, 0.1) is 24.5 Å². The summed E-state index contributed by atoms with van der Waals surface area (Å²) in [5, 5.41) is 6.96. The Morgan fingerprint density at radius 3 is 3.08 bits per heavy atom. The van der Waals surface area contributed by atoms with Crippen molar-refractivity contribution in [3.05, 3.63) is 24.3 Å². The molecule has 1 aromatic rings. The molecule has 2 fully saturated rings. The average Bonchev–Trinajstić information content (AvgIpc) is 3.31. The molecule has 0 unspecified atom stereocenters. The molecule has 0 saturated carbocycles. The number of carbonyl (C=O) groups excluding carboxylic acids is 2. The van der Waals surface area contributed by atoms with Gasteiger partial charge < -0.3 is 15.0 Å². The second kappa shape index (κ2) is 5.94. The van der Waals surface area contributed by atoms with Gasteiger partial charge in [-0.25, -0.2) is 4.98 Å². The molecule has 0 aromatic carbocycles. The van der Waals surface area contributed by atoms with E-state index in [0.29, 0.717) is 26.1 Å². The molecular formula is C17H23N5O3. The first kappa shape index (κ1) is 16.3. The summed E-state index contributed by atoms with van der Waals surface area (Å²) in [7, 11) is 1.82. The van der Waals surface area contributed by atoms with Gasteiger partial charge in [-0.3, -0.25) is 14.3 Å². The van der Waals surface area contributed by atoms with Gasteiger partial charge in [-0.1, -0.05) is 19.1 Å². The third kappa shape index (κ3) is 2.47. The van der Waals surface area contributed by atoms with E-state index in [1.165, 1.54) is 6.33 Å². The number of hydrogen-bond acceptors (Lipinski definition) is 5. The highest BCUT2D eigenvalue weighted by molar-refractivity contribution is 5.93. The van der Waals surface area contributed by atoms with Crippen molar-refractivity contribution in [3.63, 3.8) is 0 Å². The van der Waals surface area contributed by atoms with Gasteiger partial charge in [0.2, 0.25) is 11.8 Å². The second-order valence-corrected chi connectivity index (χ2v) is 7.00. The van der Waals surface area contributed by atoms with E-state index >= 15 is 0 Å². The Kier molecular flexibility index (Phi) is 3.87. The molecule has 8 nitrogen and oxygen atoms in total. The summed E-state index contributed by atoms with van der Waals surface area (Å²) in [6.45, 7) is 3.77. The van der Waals surface area contributed by atoms with Gasteiger partial charge in [0.15, 0.2) is 0 Å². The standard InChI is InChI=1S/C17H23N5O3/c1-3-8-22-9-17-6-4-11(25-17)13(14(17)16(22)24)15(23)18-7-5-12-19-10-20-21(12)2/h4,6,10-11,13-14H,3,5,7-9H2,1-2H3,(H,18,23)/t11-,13-,14+,17-/m0/s1. The number of likely N-dealkylation sites (tertiary alicyclic amines) is 1. The van der Waals surface area contributed by atoms with Crippen molar-refractivity contribution in [2.45, 2.75) is 31.5 Å². The minimum Gasteiger partial charge on any atom is -0.360 e. The molecule has 2 bridgehead atoms. The Hall–Kier alpha value is -2.22. The van der Waals surface area contributed by atoms with Crippen LogP contribution in [0.25, 0.3) is 0 Å². The van der Waals surface area contributed by atoms with Crippen LogP contribution in [0.1, 0.15) is 19.2 Å². The van der Waals surface area contributed by atoms with Gasteiger partial charge in [-0.2, -0.15) is 5.10 Å². The van der Waals surface area contributed by atoms with Crippen molar-refractivity contribution in [2.75, 3.05) is 19.6 Å². The lowest BCUT2D eigenvalue weighted by atomic mass is 9.77. The highest BCUT2D eigenvalue weighted by atomic mass is 16.5. The van der Waals surface area contributed by atoms with E-state index in [-0.39, 0.29) is 17.9 Å². The predicted molar refractivity (Wildman–Crippen MR) is 88.3 cm³/mol. The smallest absolute Gasteiger partial charge is 0.230 e. The van der Waals surface area contributed by atoms with Crippen LogP contribution in [0.5, 0.6) is 0 Å². The van der Waals surface area contributed by atoms with E-state index in [0.717, 1.165) is 12.2 Å². The Bertz CT molecular complexity index is 730. The maximum atomic E-state index is 12.8. The number of nitrogens with one attached hydrogen (secondary N) is 1. The zero-order valence-electron chi connectivity index (χ0n) is 14.5. The van der Waals surface area contributed by atoms with Gasteiger partial charge in [0.25, 0.3) is 0 Å². The van der Waals surface area contributed by atoms with E-state index in [4.69, 9.17) is 4.74 Å². The Morgan fingerprint density at radius 1 is 1.52 bits per heavy atom. The number of rotatable bonds is 6. The van der Waals surface area contributed by atoms with E-state index in [1.54, 1.807) is 4.68 Å². The lowest BCUT2D eigenvalue weighted by molar-refractivity contribution is -0.137. The summed E-state index contributed by atoms with van der Waals surface area (Å²) in [6, 6.07) is 0. The van der Waals surface area contributed by atoms with E-state index in [9.17, 15) is 9.59 Å². The van der Waals surface area contributed by atoms with Crippen LogP contribution in [0.4, 0.5) is 0 Å².